The van der Waals surface area contributed by atoms with Crippen LogP contribution in [-0.4, -0.2) is 13.3 Å². The van der Waals surface area contributed by atoms with E-state index in [0.29, 0.717) is 5.75 Å². The van der Waals surface area contributed by atoms with Crippen molar-refractivity contribution in [3.05, 3.63) is 52.6 Å². The summed E-state index contributed by atoms with van der Waals surface area (Å²) < 4.78 is 28.8. The van der Waals surface area contributed by atoms with Gasteiger partial charge >= 0.3 is 10.1 Å². The molecule has 96 valence electrons. The summed E-state index contributed by atoms with van der Waals surface area (Å²) in [5.74, 6) is 0.348. The van der Waals surface area contributed by atoms with E-state index in [1.165, 1.54) is 0 Å². The molecule has 19 heavy (non-hydrogen) atoms. The van der Waals surface area contributed by atoms with Gasteiger partial charge in [-0.2, -0.15) is 8.42 Å². The molecule has 0 amide bonds. The number of hydrogen-bond donors (Lipinski definition) is 0. The molecule has 0 atom stereocenters. The van der Waals surface area contributed by atoms with Crippen molar-refractivity contribution in [3.8, 4) is 16.9 Å². The highest BCUT2D eigenvalue weighted by Crippen LogP contribution is 2.52. The van der Waals surface area contributed by atoms with Crippen LogP contribution in [0.15, 0.2) is 47.4 Å². The first-order chi connectivity index (χ1) is 8.99. The lowest BCUT2D eigenvalue weighted by Crippen LogP contribution is -2.08. The molecule has 0 unspecified atom stereocenters. The van der Waals surface area contributed by atoms with Crippen LogP contribution < -0.4 is 4.18 Å². The molecule has 0 N–H and O–H groups in total. The standard InChI is InChI=1S/C12H7NO5S/c14-13(15)8-4-6-9(7-5-8)19(16,17)18-12-10-2-1-3-11(10)12/h1-7H. The minimum absolute atomic E-state index is 0.110. The fraction of sp³-hybridized carbons (Fsp3) is 0. The van der Waals surface area contributed by atoms with Crippen molar-refractivity contribution in [3.63, 3.8) is 0 Å². The van der Waals surface area contributed by atoms with E-state index in [1.54, 1.807) is 18.2 Å². The highest BCUT2D eigenvalue weighted by atomic mass is 32.2. The van der Waals surface area contributed by atoms with Crippen LogP contribution in [-0.2, 0) is 10.1 Å². The van der Waals surface area contributed by atoms with E-state index < -0.39 is 15.0 Å². The molecule has 2 aliphatic rings. The summed E-state index contributed by atoms with van der Waals surface area (Å²) in [6, 6.07) is 9.88. The minimum atomic E-state index is -3.94. The fourth-order valence-corrected chi connectivity index (χ4v) is 2.72. The van der Waals surface area contributed by atoms with E-state index in [0.717, 1.165) is 35.4 Å². The number of hydrogen-bond acceptors (Lipinski definition) is 5. The second kappa shape index (κ2) is 3.79. The predicted octanol–water partition coefficient (Wildman–Crippen LogP) is 2.34. The Morgan fingerprint density at radius 2 is 1.58 bits per heavy atom. The molecular formula is C12H7NO5S. The predicted molar refractivity (Wildman–Crippen MR) is 66.3 cm³/mol. The largest absolute Gasteiger partial charge is 0.378 e. The quantitative estimate of drug-likeness (QED) is 0.415. The van der Waals surface area contributed by atoms with Crippen molar-refractivity contribution in [2.75, 3.05) is 0 Å². The summed E-state index contributed by atoms with van der Waals surface area (Å²) in [5, 5.41) is 10.5. The van der Waals surface area contributed by atoms with Gasteiger partial charge in [0.1, 0.15) is 4.90 Å². The SMILES string of the molecule is O=[N+]([O-])c1ccc(S(=O)(=O)Oc2c3cccc2-3)cc1. The molecule has 7 heteroatoms. The van der Waals surface area contributed by atoms with Crippen LogP contribution in [0, 0.1) is 10.1 Å². The number of fused-ring (bicyclic) bond motifs is 1. The summed E-state index contributed by atoms with van der Waals surface area (Å²) >= 11 is 0. The molecule has 0 spiro atoms. The number of non-ortho nitro benzene ring substituents is 1. The fourth-order valence-electron chi connectivity index (χ4n) is 1.75. The molecule has 1 aromatic rings. The Labute approximate surface area is 108 Å². The molecule has 0 aromatic heterocycles. The van der Waals surface area contributed by atoms with Crippen LogP contribution in [0.5, 0.6) is 5.75 Å². The molecule has 0 bridgehead atoms. The van der Waals surface area contributed by atoms with Crippen LogP contribution in [0.3, 0.4) is 0 Å². The average molecular weight is 277 g/mol. The van der Waals surface area contributed by atoms with E-state index in [1.807, 2.05) is 0 Å². The zero-order valence-corrected chi connectivity index (χ0v) is 10.3. The molecule has 3 rings (SSSR count). The van der Waals surface area contributed by atoms with Crippen molar-refractivity contribution in [1.29, 1.82) is 0 Å². The molecule has 0 saturated carbocycles. The van der Waals surface area contributed by atoms with Crippen molar-refractivity contribution in [2.24, 2.45) is 0 Å². The van der Waals surface area contributed by atoms with Gasteiger partial charge in [0.25, 0.3) is 5.69 Å². The molecule has 1 aromatic carbocycles. The van der Waals surface area contributed by atoms with Crippen LogP contribution in [0.25, 0.3) is 11.1 Å². The molecule has 0 aliphatic heterocycles. The molecule has 6 nitrogen and oxygen atoms in total. The Morgan fingerprint density at radius 1 is 1.00 bits per heavy atom. The van der Waals surface area contributed by atoms with Crippen molar-refractivity contribution < 1.29 is 17.5 Å². The lowest BCUT2D eigenvalue weighted by atomic mass is 10.3. The van der Waals surface area contributed by atoms with E-state index in [-0.39, 0.29) is 10.6 Å². The lowest BCUT2D eigenvalue weighted by molar-refractivity contribution is -0.384. The molecular weight excluding hydrogens is 270 g/mol. The number of benzene rings is 2. The lowest BCUT2D eigenvalue weighted by Gasteiger charge is -2.02. The Morgan fingerprint density at radius 3 is 2.11 bits per heavy atom. The van der Waals surface area contributed by atoms with Crippen LogP contribution in [0.2, 0.25) is 0 Å². The van der Waals surface area contributed by atoms with Crippen molar-refractivity contribution in [2.45, 2.75) is 4.90 Å². The second-order valence-corrected chi connectivity index (χ2v) is 5.52. The van der Waals surface area contributed by atoms with Gasteiger partial charge < -0.3 is 4.18 Å². The number of nitro groups is 1. The van der Waals surface area contributed by atoms with Gasteiger partial charge in [0.15, 0.2) is 5.75 Å². The third kappa shape index (κ3) is 1.93. The zero-order valence-electron chi connectivity index (χ0n) is 9.44. The number of para-hydroxylation sites is 1. The first-order valence-electron chi connectivity index (χ1n) is 5.31. The zero-order chi connectivity index (χ0) is 13.6. The van der Waals surface area contributed by atoms with Gasteiger partial charge in [-0.05, 0) is 12.1 Å². The Hall–Kier alpha value is -2.41. The topological polar surface area (TPSA) is 86.5 Å². The summed E-state index contributed by atoms with van der Waals surface area (Å²) in [6.45, 7) is 0. The molecule has 0 radical (unpaired) electrons. The van der Waals surface area contributed by atoms with Crippen LogP contribution in [0.4, 0.5) is 5.69 Å². The van der Waals surface area contributed by atoms with Gasteiger partial charge in [-0.25, -0.2) is 0 Å². The molecule has 0 saturated heterocycles. The number of rotatable bonds is 4. The Bertz CT molecular complexity index is 760. The summed E-state index contributed by atoms with van der Waals surface area (Å²) in [4.78, 5) is 9.78. The van der Waals surface area contributed by atoms with Crippen molar-refractivity contribution >= 4 is 15.8 Å². The highest BCUT2D eigenvalue weighted by Gasteiger charge is 2.31. The second-order valence-electron chi connectivity index (χ2n) is 3.97. The van der Waals surface area contributed by atoms with Gasteiger partial charge in [-0.15, -0.1) is 0 Å². The Balaban J connectivity index is 1.87. The van der Waals surface area contributed by atoms with Gasteiger partial charge in [-0.3, -0.25) is 10.1 Å². The maximum absolute atomic E-state index is 11.9. The first-order valence-corrected chi connectivity index (χ1v) is 6.72. The van der Waals surface area contributed by atoms with Gasteiger partial charge in [0, 0.05) is 23.3 Å². The number of nitro benzene ring substituents is 1. The van der Waals surface area contributed by atoms with Crippen LogP contribution in [0.1, 0.15) is 0 Å². The minimum Gasteiger partial charge on any atom is -0.378 e. The third-order valence-electron chi connectivity index (χ3n) is 2.77. The summed E-state index contributed by atoms with van der Waals surface area (Å²) in [6.07, 6.45) is 0. The van der Waals surface area contributed by atoms with Gasteiger partial charge in [0.2, 0.25) is 0 Å². The van der Waals surface area contributed by atoms with Gasteiger partial charge in [0.05, 0.1) is 4.92 Å². The maximum atomic E-state index is 11.9. The van der Waals surface area contributed by atoms with Crippen LogP contribution >= 0.6 is 0 Å². The highest BCUT2D eigenvalue weighted by molar-refractivity contribution is 7.87. The number of nitrogens with zero attached hydrogens (tertiary/aromatic N) is 1. The average Bonchev–Trinajstić information content (AvgIpc) is 2.82. The summed E-state index contributed by atoms with van der Waals surface area (Å²) in [5.41, 5.74) is 1.39. The maximum Gasteiger partial charge on any atom is 0.339 e. The van der Waals surface area contributed by atoms with E-state index in [9.17, 15) is 18.5 Å². The molecule has 0 fully saturated rings. The molecule has 2 aliphatic carbocycles. The molecule has 0 heterocycles. The smallest absolute Gasteiger partial charge is 0.339 e. The Kier molecular flexibility index (Phi) is 2.33. The van der Waals surface area contributed by atoms with E-state index in [4.69, 9.17) is 4.18 Å². The summed E-state index contributed by atoms with van der Waals surface area (Å²) in [7, 11) is -3.94. The third-order valence-corrected chi connectivity index (χ3v) is 4.01. The monoisotopic (exact) mass is 277 g/mol. The van der Waals surface area contributed by atoms with E-state index >= 15 is 0 Å². The normalized spacial score (nSPS) is 12.0. The van der Waals surface area contributed by atoms with E-state index in [2.05, 4.69) is 0 Å². The van der Waals surface area contributed by atoms with Crippen molar-refractivity contribution in [1.82, 2.24) is 0 Å². The van der Waals surface area contributed by atoms with Gasteiger partial charge in [-0.1, -0.05) is 18.2 Å². The first kappa shape index (κ1) is 11.7.